The fourth-order valence-electron chi connectivity index (χ4n) is 2.93. The monoisotopic (exact) mass is 392 g/mol. The van der Waals surface area contributed by atoms with Gasteiger partial charge in [-0.2, -0.15) is 0 Å². The molecule has 0 N–H and O–H groups in total. The Morgan fingerprint density at radius 3 is 2.15 bits per heavy atom. The normalized spacial score (nSPS) is 12.1. The quantitative estimate of drug-likeness (QED) is 0.424. The molecule has 0 aliphatic rings. The predicted molar refractivity (Wildman–Crippen MR) is 112 cm³/mol. The van der Waals surface area contributed by atoms with Crippen molar-refractivity contribution in [2.24, 2.45) is 0 Å². The van der Waals surface area contributed by atoms with Gasteiger partial charge in [-0.1, -0.05) is 41.9 Å². The molecule has 5 heteroatoms. The summed E-state index contributed by atoms with van der Waals surface area (Å²) in [5.74, 6) is 0.830. The number of nitrogens with zero attached hydrogens (tertiary/aromatic N) is 2. The molecular weight excluding hydrogens is 376 g/mol. The molecule has 0 aliphatic heterocycles. The van der Waals surface area contributed by atoms with Crippen LogP contribution in [0.3, 0.4) is 0 Å². The molecular formula is C22H17ClN2OS. The van der Waals surface area contributed by atoms with E-state index >= 15 is 0 Å². The fraction of sp³-hybridized carbons (Fsp3) is 0.0455. The van der Waals surface area contributed by atoms with Crippen molar-refractivity contribution in [3.8, 4) is 28.3 Å². The second kappa shape index (κ2) is 7.61. The highest BCUT2D eigenvalue weighted by atomic mass is 35.5. The van der Waals surface area contributed by atoms with E-state index in [9.17, 15) is 4.55 Å². The van der Waals surface area contributed by atoms with Crippen LogP contribution in [-0.2, 0) is 11.2 Å². The minimum absolute atomic E-state index is 0.690. The first-order valence-corrected chi connectivity index (χ1v) is 10.4. The molecule has 0 saturated heterocycles. The molecule has 1 unspecified atom stereocenters. The Bertz CT molecular complexity index is 1040. The van der Waals surface area contributed by atoms with Crippen molar-refractivity contribution in [1.82, 2.24) is 9.55 Å². The van der Waals surface area contributed by atoms with E-state index in [2.05, 4.69) is 0 Å². The van der Waals surface area contributed by atoms with Gasteiger partial charge in [0.1, 0.15) is 12.1 Å². The Morgan fingerprint density at radius 2 is 1.52 bits per heavy atom. The van der Waals surface area contributed by atoms with Gasteiger partial charge in [-0.3, -0.25) is 4.57 Å². The summed E-state index contributed by atoms with van der Waals surface area (Å²) in [5.41, 5.74) is 3.88. The number of benzene rings is 3. The van der Waals surface area contributed by atoms with Crippen LogP contribution in [0, 0.1) is 0 Å². The highest BCUT2D eigenvalue weighted by Crippen LogP contribution is 2.29. The van der Waals surface area contributed by atoms with E-state index in [1.54, 1.807) is 6.26 Å². The summed E-state index contributed by atoms with van der Waals surface area (Å²) in [7, 11) is 0. The molecule has 4 aromatic rings. The zero-order valence-electron chi connectivity index (χ0n) is 14.7. The predicted octanol–water partition coefficient (Wildman–Crippen LogP) is 5.60. The van der Waals surface area contributed by atoms with Crippen LogP contribution in [0.2, 0.25) is 5.02 Å². The van der Waals surface area contributed by atoms with E-state index in [0.717, 1.165) is 33.2 Å². The van der Waals surface area contributed by atoms with Gasteiger partial charge >= 0.3 is 0 Å². The average molecular weight is 393 g/mol. The highest BCUT2D eigenvalue weighted by Gasteiger charge is 2.14. The van der Waals surface area contributed by atoms with Crippen LogP contribution >= 0.6 is 11.6 Å². The summed E-state index contributed by atoms with van der Waals surface area (Å²) in [6.07, 6.45) is 3.70. The third kappa shape index (κ3) is 3.78. The number of hydrogen-bond donors (Lipinski definition) is 0. The average Bonchev–Trinajstić information content (AvgIpc) is 3.15. The summed E-state index contributed by atoms with van der Waals surface area (Å²) in [5, 5.41) is 0.690. The Morgan fingerprint density at radius 1 is 0.852 bits per heavy atom. The molecule has 3 aromatic carbocycles. The zero-order valence-corrected chi connectivity index (χ0v) is 16.2. The van der Waals surface area contributed by atoms with Gasteiger partial charge in [-0.15, -0.1) is 0 Å². The van der Waals surface area contributed by atoms with Crippen molar-refractivity contribution in [2.45, 2.75) is 4.90 Å². The Hall–Kier alpha value is -2.53. The molecule has 0 bridgehead atoms. The molecule has 0 aliphatic carbocycles. The van der Waals surface area contributed by atoms with Gasteiger partial charge in [-0.05, 0) is 59.7 Å². The van der Waals surface area contributed by atoms with Crippen LogP contribution in [0.5, 0.6) is 0 Å². The molecule has 27 heavy (non-hydrogen) atoms. The lowest BCUT2D eigenvalue weighted by atomic mass is 10.2. The van der Waals surface area contributed by atoms with Crippen molar-refractivity contribution in [3.05, 3.63) is 90.1 Å². The van der Waals surface area contributed by atoms with Crippen molar-refractivity contribution in [1.29, 1.82) is 0 Å². The number of halogens is 1. The van der Waals surface area contributed by atoms with Gasteiger partial charge < -0.3 is 4.55 Å². The third-order valence-electron chi connectivity index (χ3n) is 4.32. The van der Waals surface area contributed by atoms with Crippen molar-refractivity contribution >= 4 is 22.8 Å². The third-order valence-corrected chi connectivity index (χ3v) is 5.51. The zero-order chi connectivity index (χ0) is 18.8. The van der Waals surface area contributed by atoms with E-state index in [0.29, 0.717) is 5.02 Å². The molecule has 1 atom stereocenters. The summed E-state index contributed by atoms with van der Waals surface area (Å²) >= 11 is 5.05. The highest BCUT2D eigenvalue weighted by molar-refractivity contribution is 7.90. The first-order chi connectivity index (χ1) is 13.1. The molecule has 1 heterocycles. The topological polar surface area (TPSA) is 40.9 Å². The van der Waals surface area contributed by atoms with Crippen LogP contribution < -0.4 is 0 Å². The van der Waals surface area contributed by atoms with Crippen molar-refractivity contribution < 1.29 is 4.55 Å². The van der Waals surface area contributed by atoms with E-state index in [-0.39, 0.29) is 0 Å². The first-order valence-electron chi connectivity index (χ1n) is 8.46. The molecule has 1 aromatic heterocycles. The lowest BCUT2D eigenvalue weighted by molar-refractivity contribution is 0.601. The minimum Gasteiger partial charge on any atom is -0.612 e. The summed E-state index contributed by atoms with van der Waals surface area (Å²) < 4.78 is 13.7. The van der Waals surface area contributed by atoms with Crippen molar-refractivity contribution in [3.63, 3.8) is 0 Å². The Kier molecular flexibility index (Phi) is 5.03. The maximum Gasteiger partial charge on any atom is 0.152 e. The van der Waals surface area contributed by atoms with Crippen LogP contribution in [0.4, 0.5) is 0 Å². The molecule has 0 radical (unpaired) electrons. The fourth-order valence-corrected chi connectivity index (χ4v) is 3.57. The lowest BCUT2D eigenvalue weighted by Crippen LogP contribution is -1.99. The van der Waals surface area contributed by atoms with E-state index in [1.807, 2.05) is 89.6 Å². The second-order valence-electron chi connectivity index (χ2n) is 6.14. The SMILES string of the molecule is C[S+]([O-])c1ccc(-n2cc(-c3ccccc3)nc2-c2ccc(Cl)cc2)cc1. The van der Waals surface area contributed by atoms with Crippen LogP contribution in [0.1, 0.15) is 0 Å². The van der Waals surface area contributed by atoms with Gasteiger partial charge in [0.15, 0.2) is 4.90 Å². The van der Waals surface area contributed by atoms with Gasteiger partial charge in [0.2, 0.25) is 0 Å². The van der Waals surface area contributed by atoms with E-state index in [4.69, 9.17) is 16.6 Å². The number of hydrogen-bond acceptors (Lipinski definition) is 2. The van der Waals surface area contributed by atoms with Crippen LogP contribution in [-0.4, -0.2) is 20.4 Å². The molecule has 3 nitrogen and oxygen atoms in total. The maximum atomic E-state index is 11.7. The summed E-state index contributed by atoms with van der Waals surface area (Å²) in [6.45, 7) is 0. The molecule has 0 saturated carbocycles. The van der Waals surface area contributed by atoms with Gasteiger partial charge in [0.05, 0.1) is 5.69 Å². The van der Waals surface area contributed by atoms with Gasteiger partial charge in [0.25, 0.3) is 0 Å². The number of imidazole rings is 1. The Balaban J connectivity index is 1.85. The van der Waals surface area contributed by atoms with Crippen LogP contribution in [0.25, 0.3) is 28.3 Å². The molecule has 0 spiro atoms. The van der Waals surface area contributed by atoms with Crippen LogP contribution in [0.15, 0.2) is 90.0 Å². The molecule has 134 valence electrons. The minimum atomic E-state index is -1.00. The summed E-state index contributed by atoms with van der Waals surface area (Å²) in [6, 6.07) is 25.4. The maximum absolute atomic E-state index is 11.7. The smallest absolute Gasteiger partial charge is 0.152 e. The molecule has 0 fully saturated rings. The molecule has 4 rings (SSSR count). The number of rotatable bonds is 4. The molecule has 0 amide bonds. The summed E-state index contributed by atoms with van der Waals surface area (Å²) in [4.78, 5) is 5.68. The van der Waals surface area contributed by atoms with E-state index < -0.39 is 11.2 Å². The van der Waals surface area contributed by atoms with Gasteiger partial charge in [0, 0.05) is 28.0 Å². The second-order valence-corrected chi connectivity index (χ2v) is 7.96. The standard InChI is InChI=1S/C22H17ClN2OS/c1-27(26)20-13-11-19(12-14-20)25-15-21(16-5-3-2-4-6-16)24-22(25)17-7-9-18(23)10-8-17/h2-15H,1H3. The van der Waals surface area contributed by atoms with E-state index in [1.165, 1.54) is 0 Å². The lowest BCUT2D eigenvalue weighted by Gasteiger charge is -2.09. The Labute approximate surface area is 166 Å². The van der Waals surface area contributed by atoms with Crippen molar-refractivity contribution in [2.75, 3.05) is 6.26 Å². The largest absolute Gasteiger partial charge is 0.612 e. The number of aromatic nitrogens is 2. The van der Waals surface area contributed by atoms with Gasteiger partial charge in [-0.25, -0.2) is 4.98 Å². The first kappa shape index (κ1) is 17.9.